The molecule has 0 radical (unpaired) electrons. The summed E-state index contributed by atoms with van der Waals surface area (Å²) >= 11 is 0. The molecule has 0 aromatic rings. The molecule has 0 spiro atoms. The third-order valence-electron chi connectivity index (χ3n) is 1.22. The Labute approximate surface area is 84.4 Å². The highest BCUT2D eigenvalue weighted by atomic mass is 31.3. The van der Waals surface area contributed by atoms with E-state index in [1.54, 1.807) is 13.8 Å². The van der Waals surface area contributed by atoms with Crippen LogP contribution in [0.15, 0.2) is 0 Å². The average molecular weight is 244 g/mol. The fourth-order valence-corrected chi connectivity index (χ4v) is 3.38. The van der Waals surface area contributed by atoms with Gasteiger partial charge in [0, 0.05) is 0 Å². The van der Waals surface area contributed by atoms with Crippen molar-refractivity contribution < 1.29 is 27.0 Å². The second-order valence-electron chi connectivity index (χ2n) is 2.25. The molecule has 1 saturated heterocycles. The van der Waals surface area contributed by atoms with Crippen LogP contribution in [0.3, 0.4) is 0 Å². The highest BCUT2D eigenvalue weighted by Crippen LogP contribution is 2.62. The van der Waals surface area contributed by atoms with Crippen molar-refractivity contribution in [2.45, 2.75) is 13.8 Å². The van der Waals surface area contributed by atoms with Gasteiger partial charge in [-0.15, -0.1) is 0 Å². The van der Waals surface area contributed by atoms with Crippen LogP contribution in [0.1, 0.15) is 13.8 Å². The lowest BCUT2D eigenvalue weighted by molar-refractivity contribution is 0.167. The summed E-state index contributed by atoms with van der Waals surface area (Å²) in [6.45, 7) is 4.67. The molecule has 0 amide bonds. The van der Waals surface area contributed by atoms with Crippen LogP contribution < -0.4 is 0 Å². The molecule has 1 rings (SSSR count). The van der Waals surface area contributed by atoms with Gasteiger partial charge in [-0.05, 0) is 13.8 Å². The zero-order chi connectivity index (χ0) is 10.4. The molecule has 0 N–H and O–H groups in total. The maximum Gasteiger partial charge on any atom is 0.481 e. The van der Waals surface area contributed by atoms with Crippen molar-refractivity contribution in [2.75, 3.05) is 26.4 Å². The summed E-state index contributed by atoms with van der Waals surface area (Å²) in [4.78, 5) is 0. The maximum absolute atomic E-state index is 11.7. The van der Waals surface area contributed by atoms with E-state index in [2.05, 4.69) is 0 Å². The van der Waals surface area contributed by atoms with Crippen molar-refractivity contribution in [1.29, 1.82) is 0 Å². The van der Waals surface area contributed by atoms with E-state index in [1.807, 2.05) is 0 Å². The molecule has 2 unspecified atom stereocenters. The van der Waals surface area contributed by atoms with E-state index in [4.69, 9.17) is 22.4 Å². The van der Waals surface area contributed by atoms with E-state index >= 15 is 0 Å². The smallest absolute Gasteiger partial charge is 0.312 e. The van der Waals surface area contributed by atoms with Crippen molar-refractivity contribution >= 4 is 16.4 Å². The van der Waals surface area contributed by atoms with Crippen molar-refractivity contribution in [3.05, 3.63) is 0 Å². The Kier molecular flexibility index (Phi) is 5.49. The third kappa shape index (κ3) is 3.91. The molecule has 1 fully saturated rings. The van der Waals surface area contributed by atoms with Crippen LogP contribution in [0.5, 0.6) is 0 Å². The number of hydrogen-bond donors (Lipinski definition) is 0. The molecule has 1 aliphatic heterocycles. The highest BCUT2D eigenvalue weighted by molar-refractivity contribution is 7.59. The molecule has 14 heavy (non-hydrogen) atoms. The van der Waals surface area contributed by atoms with Gasteiger partial charge in [0.05, 0.1) is 26.4 Å². The Morgan fingerprint density at radius 2 is 2.14 bits per heavy atom. The first kappa shape index (κ1) is 12.5. The predicted octanol–water partition coefficient (Wildman–Crippen LogP) is 2.46. The largest absolute Gasteiger partial charge is 0.481 e. The summed E-state index contributed by atoms with van der Waals surface area (Å²) in [6, 6.07) is 0. The minimum Gasteiger partial charge on any atom is -0.312 e. The molecule has 1 aliphatic rings. The Balaban J connectivity index is 2.54. The fourth-order valence-electron chi connectivity index (χ4n) is 0.775. The number of rotatable bonds is 4. The summed E-state index contributed by atoms with van der Waals surface area (Å²) in [5.41, 5.74) is 0. The lowest BCUT2D eigenvalue weighted by Crippen LogP contribution is -1.97. The molecule has 0 saturated carbocycles. The summed E-state index contributed by atoms with van der Waals surface area (Å²) in [5, 5.41) is 0. The topological polar surface area (TPSA) is 63.2 Å². The molecule has 0 aliphatic carbocycles. The maximum atomic E-state index is 11.7. The van der Waals surface area contributed by atoms with E-state index < -0.39 is 16.4 Å². The van der Waals surface area contributed by atoms with Crippen LogP contribution in [-0.2, 0) is 27.0 Å². The standard InChI is InChI=1S/C6H14O6P2/c1-3-8-13-9-5-6-11-14(7,12-13)10-4-2/h3-6H2,1-2H3. The van der Waals surface area contributed by atoms with Crippen molar-refractivity contribution in [1.82, 2.24) is 0 Å². The second-order valence-corrected chi connectivity index (χ2v) is 5.28. The van der Waals surface area contributed by atoms with Gasteiger partial charge in [-0.1, -0.05) is 0 Å². The molecule has 0 aromatic heterocycles. The van der Waals surface area contributed by atoms with E-state index in [1.165, 1.54) is 0 Å². The van der Waals surface area contributed by atoms with Crippen molar-refractivity contribution in [2.24, 2.45) is 0 Å². The van der Waals surface area contributed by atoms with E-state index in [9.17, 15) is 4.57 Å². The summed E-state index contributed by atoms with van der Waals surface area (Å²) in [5.74, 6) is 0. The van der Waals surface area contributed by atoms with Gasteiger partial charge in [-0.25, -0.2) is 8.88 Å². The molecular formula is C6H14O6P2. The van der Waals surface area contributed by atoms with Gasteiger partial charge in [-0.3, -0.25) is 9.05 Å². The van der Waals surface area contributed by atoms with Crippen LogP contribution in [-0.4, -0.2) is 26.4 Å². The zero-order valence-electron chi connectivity index (χ0n) is 8.17. The number of phosphoric acid groups is 1. The van der Waals surface area contributed by atoms with Crippen molar-refractivity contribution in [3.8, 4) is 0 Å². The fraction of sp³-hybridized carbons (Fsp3) is 1.00. The molecule has 8 heteroatoms. The van der Waals surface area contributed by atoms with E-state index in [0.29, 0.717) is 13.2 Å². The van der Waals surface area contributed by atoms with Gasteiger partial charge in [0.25, 0.3) is 0 Å². The van der Waals surface area contributed by atoms with Crippen molar-refractivity contribution in [3.63, 3.8) is 0 Å². The quantitative estimate of drug-likeness (QED) is 0.708. The van der Waals surface area contributed by atoms with Gasteiger partial charge < -0.3 is 9.05 Å². The molecule has 1 heterocycles. The van der Waals surface area contributed by atoms with Gasteiger partial charge in [0.15, 0.2) is 0 Å². The molecule has 0 bridgehead atoms. The number of phosphoric ester groups is 1. The predicted molar refractivity (Wildman–Crippen MR) is 50.8 cm³/mol. The lowest BCUT2D eigenvalue weighted by atomic mass is 10.8. The van der Waals surface area contributed by atoms with Gasteiger partial charge >= 0.3 is 16.4 Å². The van der Waals surface area contributed by atoms with Crippen LogP contribution in [0.25, 0.3) is 0 Å². The summed E-state index contributed by atoms with van der Waals surface area (Å²) in [7, 11) is -5.07. The Morgan fingerprint density at radius 3 is 2.79 bits per heavy atom. The SMILES string of the molecule is CCOP1OCCOP(=O)(OCC)O1. The van der Waals surface area contributed by atoms with Crippen LogP contribution >= 0.6 is 16.4 Å². The van der Waals surface area contributed by atoms with E-state index in [0.717, 1.165) is 0 Å². The summed E-state index contributed by atoms with van der Waals surface area (Å²) < 4.78 is 36.8. The number of hydrogen-bond acceptors (Lipinski definition) is 6. The van der Waals surface area contributed by atoms with Crippen LogP contribution in [0.2, 0.25) is 0 Å². The first-order valence-electron chi connectivity index (χ1n) is 4.35. The first-order chi connectivity index (χ1) is 6.70. The minimum atomic E-state index is -3.46. The molecular weight excluding hydrogens is 230 g/mol. The normalized spacial score (nSPS) is 34.0. The monoisotopic (exact) mass is 244 g/mol. The summed E-state index contributed by atoms with van der Waals surface area (Å²) in [6.07, 6.45) is 0. The minimum absolute atomic E-state index is 0.184. The lowest BCUT2D eigenvalue weighted by Gasteiger charge is -2.16. The second kappa shape index (κ2) is 6.13. The molecule has 84 valence electrons. The average Bonchev–Trinajstić information content (AvgIpc) is 2.29. The van der Waals surface area contributed by atoms with Gasteiger partial charge in [0.2, 0.25) is 0 Å². The highest BCUT2D eigenvalue weighted by Gasteiger charge is 2.35. The van der Waals surface area contributed by atoms with Gasteiger partial charge in [0.1, 0.15) is 0 Å². The Bertz CT molecular complexity index is 210. The first-order valence-corrected chi connectivity index (χ1v) is 6.90. The van der Waals surface area contributed by atoms with E-state index in [-0.39, 0.29) is 13.2 Å². The van der Waals surface area contributed by atoms with Crippen LogP contribution in [0, 0.1) is 0 Å². The third-order valence-corrected chi connectivity index (χ3v) is 4.49. The molecule has 0 aromatic carbocycles. The Hall–Kier alpha value is 0.460. The zero-order valence-corrected chi connectivity index (χ0v) is 9.96. The Morgan fingerprint density at radius 1 is 1.36 bits per heavy atom. The van der Waals surface area contributed by atoms with Gasteiger partial charge in [-0.2, -0.15) is 0 Å². The molecule has 6 nitrogen and oxygen atoms in total. The molecule has 2 atom stereocenters. The van der Waals surface area contributed by atoms with Crippen LogP contribution in [0.4, 0.5) is 0 Å².